The van der Waals surface area contributed by atoms with Crippen LogP contribution < -0.4 is 0 Å². The van der Waals surface area contributed by atoms with Crippen LogP contribution in [0.15, 0.2) is 0 Å². The van der Waals surface area contributed by atoms with Crippen LogP contribution in [0.2, 0.25) is 0 Å². The zero-order valence-corrected chi connectivity index (χ0v) is 9.84. The Balaban J connectivity index is 2.34. The summed E-state index contributed by atoms with van der Waals surface area (Å²) < 4.78 is 0. The van der Waals surface area contributed by atoms with Gasteiger partial charge in [0.05, 0.1) is 6.10 Å². The lowest BCUT2D eigenvalue weighted by molar-refractivity contribution is 0.0867. The van der Waals surface area contributed by atoms with Gasteiger partial charge >= 0.3 is 0 Å². The lowest BCUT2D eigenvalue weighted by Crippen LogP contribution is -2.24. The second-order valence-corrected chi connectivity index (χ2v) is 4.91. The van der Waals surface area contributed by atoms with E-state index < -0.39 is 0 Å². The minimum Gasteiger partial charge on any atom is -0.393 e. The van der Waals surface area contributed by atoms with Gasteiger partial charge in [-0.3, -0.25) is 0 Å². The highest BCUT2D eigenvalue weighted by atomic mass is 16.3. The van der Waals surface area contributed by atoms with E-state index in [4.69, 9.17) is 0 Å². The summed E-state index contributed by atoms with van der Waals surface area (Å²) in [6.45, 7) is 4.58. The summed E-state index contributed by atoms with van der Waals surface area (Å²) in [5, 5.41) is 9.47. The Kier molecular flexibility index (Phi) is 5.54. The van der Waals surface area contributed by atoms with Crippen molar-refractivity contribution < 1.29 is 5.11 Å². The molecule has 1 nitrogen and oxygen atoms in total. The first-order valence-electron chi connectivity index (χ1n) is 6.46. The Morgan fingerprint density at radius 2 is 1.50 bits per heavy atom. The maximum absolute atomic E-state index is 9.47. The molecule has 0 unspecified atom stereocenters. The van der Waals surface area contributed by atoms with Crippen molar-refractivity contribution in [3.05, 3.63) is 0 Å². The smallest absolute Gasteiger partial charge is 0.0540 e. The molecule has 1 fully saturated rings. The monoisotopic (exact) mass is 198 g/mol. The largest absolute Gasteiger partial charge is 0.393 e. The number of aliphatic hydroxyl groups excluding tert-OH is 1. The van der Waals surface area contributed by atoms with Crippen molar-refractivity contribution in [1.82, 2.24) is 0 Å². The summed E-state index contributed by atoms with van der Waals surface area (Å²) >= 11 is 0. The van der Waals surface area contributed by atoms with E-state index in [2.05, 4.69) is 13.8 Å². The maximum atomic E-state index is 9.47. The molecule has 1 saturated carbocycles. The van der Waals surface area contributed by atoms with Gasteiger partial charge in [0.25, 0.3) is 0 Å². The van der Waals surface area contributed by atoms with E-state index in [9.17, 15) is 5.11 Å². The van der Waals surface area contributed by atoms with Crippen molar-refractivity contribution >= 4 is 0 Å². The molecular weight excluding hydrogens is 172 g/mol. The van der Waals surface area contributed by atoms with Crippen molar-refractivity contribution in [1.29, 1.82) is 0 Å². The highest BCUT2D eigenvalue weighted by Crippen LogP contribution is 2.34. The van der Waals surface area contributed by atoms with Crippen LogP contribution in [-0.2, 0) is 0 Å². The molecule has 0 amide bonds. The molecule has 0 bridgehead atoms. The Hall–Kier alpha value is -0.0400. The molecule has 0 aromatic carbocycles. The predicted octanol–water partition coefficient (Wildman–Crippen LogP) is 3.75. The minimum absolute atomic E-state index is 0.00940. The van der Waals surface area contributed by atoms with Gasteiger partial charge in [-0.1, -0.05) is 39.5 Å². The first kappa shape index (κ1) is 12.0. The van der Waals surface area contributed by atoms with E-state index in [-0.39, 0.29) is 6.10 Å². The fourth-order valence-electron chi connectivity index (χ4n) is 2.93. The zero-order valence-electron chi connectivity index (χ0n) is 9.84. The Morgan fingerprint density at radius 1 is 1.00 bits per heavy atom. The minimum atomic E-state index is 0.00940. The lowest BCUT2D eigenvalue weighted by atomic mass is 9.75. The topological polar surface area (TPSA) is 20.2 Å². The third kappa shape index (κ3) is 3.61. The number of rotatable bonds is 5. The third-order valence-electron chi connectivity index (χ3n) is 3.73. The summed E-state index contributed by atoms with van der Waals surface area (Å²) in [4.78, 5) is 0. The van der Waals surface area contributed by atoms with Crippen LogP contribution in [0, 0.1) is 11.8 Å². The van der Waals surface area contributed by atoms with Crippen molar-refractivity contribution in [2.24, 2.45) is 11.8 Å². The average molecular weight is 198 g/mol. The molecule has 0 saturated heterocycles. The van der Waals surface area contributed by atoms with Gasteiger partial charge in [0.15, 0.2) is 0 Å². The molecule has 0 aliphatic heterocycles. The van der Waals surface area contributed by atoms with Crippen molar-refractivity contribution in [3.63, 3.8) is 0 Å². The highest BCUT2D eigenvalue weighted by molar-refractivity contribution is 4.77. The number of hydrogen-bond acceptors (Lipinski definition) is 1. The summed E-state index contributed by atoms with van der Waals surface area (Å²) in [5.74, 6) is 1.86. The molecule has 1 heteroatoms. The summed E-state index contributed by atoms with van der Waals surface area (Å²) in [6.07, 6.45) is 10.1. The Labute approximate surface area is 88.9 Å². The molecule has 0 heterocycles. The van der Waals surface area contributed by atoms with E-state index in [1.54, 1.807) is 0 Å². The van der Waals surface area contributed by atoms with Gasteiger partial charge in [-0.05, 0) is 37.5 Å². The molecule has 0 aromatic rings. The van der Waals surface area contributed by atoms with Gasteiger partial charge in [0.2, 0.25) is 0 Å². The van der Waals surface area contributed by atoms with Gasteiger partial charge in [-0.2, -0.15) is 0 Å². The molecule has 1 N–H and O–H groups in total. The molecule has 0 spiro atoms. The molecule has 0 radical (unpaired) electrons. The molecule has 1 rings (SSSR count). The van der Waals surface area contributed by atoms with Crippen LogP contribution in [-0.4, -0.2) is 11.2 Å². The van der Waals surface area contributed by atoms with Crippen LogP contribution in [0.1, 0.15) is 65.2 Å². The van der Waals surface area contributed by atoms with Crippen molar-refractivity contribution in [2.75, 3.05) is 0 Å². The highest BCUT2D eigenvalue weighted by Gasteiger charge is 2.25. The van der Waals surface area contributed by atoms with E-state index in [1.807, 2.05) is 0 Å². The average Bonchev–Trinajstić information content (AvgIpc) is 2.19. The second-order valence-electron chi connectivity index (χ2n) is 4.91. The molecule has 84 valence electrons. The first-order chi connectivity index (χ1) is 6.77. The molecule has 0 atom stereocenters. The summed E-state index contributed by atoms with van der Waals surface area (Å²) in [5.41, 5.74) is 0. The third-order valence-corrected chi connectivity index (χ3v) is 3.73. The maximum Gasteiger partial charge on any atom is 0.0540 e. The second kappa shape index (κ2) is 6.44. The van der Waals surface area contributed by atoms with E-state index >= 15 is 0 Å². The fourth-order valence-corrected chi connectivity index (χ4v) is 2.93. The molecular formula is C13H26O. The van der Waals surface area contributed by atoms with Gasteiger partial charge < -0.3 is 5.11 Å². The standard InChI is InChI=1S/C13H26O/c1-3-5-11(6-4-2)12-7-9-13(14)10-8-12/h11-14H,3-10H2,1-2H3. The molecule has 1 aliphatic carbocycles. The van der Waals surface area contributed by atoms with Crippen LogP contribution in [0.3, 0.4) is 0 Å². The van der Waals surface area contributed by atoms with Crippen LogP contribution in [0.4, 0.5) is 0 Å². The Morgan fingerprint density at radius 3 is 1.93 bits per heavy atom. The normalized spacial score (nSPS) is 28.3. The van der Waals surface area contributed by atoms with E-state index in [0.29, 0.717) is 0 Å². The van der Waals surface area contributed by atoms with Crippen molar-refractivity contribution in [3.8, 4) is 0 Å². The van der Waals surface area contributed by atoms with Crippen LogP contribution in [0.25, 0.3) is 0 Å². The van der Waals surface area contributed by atoms with E-state index in [1.165, 1.54) is 38.5 Å². The molecule has 0 aromatic heterocycles. The lowest BCUT2D eigenvalue weighted by Gasteiger charge is -2.32. The molecule has 14 heavy (non-hydrogen) atoms. The Bertz CT molecular complexity index is 130. The number of hydrogen-bond donors (Lipinski definition) is 1. The predicted molar refractivity (Wildman–Crippen MR) is 61.3 cm³/mol. The van der Waals surface area contributed by atoms with Crippen LogP contribution in [0.5, 0.6) is 0 Å². The van der Waals surface area contributed by atoms with E-state index in [0.717, 1.165) is 24.7 Å². The quantitative estimate of drug-likeness (QED) is 0.713. The number of aliphatic hydroxyl groups is 1. The molecule has 1 aliphatic rings. The van der Waals surface area contributed by atoms with Gasteiger partial charge in [-0.25, -0.2) is 0 Å². The van der Waals surface area contributed by atoms with Gasteiger partial charge in [-0.15, -0.1) is 0 Å². The van der Waals surface area contributed by atoms with Gasteiger partial charge in [0, 0.05) is 0 Å². The summed E-state index contributed by atoms with van der Waals surface area (Å²) in [7, 11) is 0. The van der Waals surface area contributed by atoms with Gasteiger partial charge in [0.1, 0.15) is 0 Å². The first-order valence-corrected chi connectivity index (χ1v) is 6.46. The van der Waals surface area contributed by atoms with Crippen molar-refractivity contribution in [2.45, 2.75) is 71.3 Å². The van der Waals surface area contributed by atoms with Crippen LogP contribution >= 0.6 is 0 Å². The summed E-state index contributed by atoms with van der Waals surface area (Å²) in [6, 6.07) is 0. The zero-order chi connectivity index (χ0) is 10.4. The fraction of sp³-hybridized carbons (Fsp3) is 1.00. The SMILES string of the molecule is CCCC(CCC)C1CCC(O)CC1.